The smallest absolute Gasteiger partial charge is 0.387 e. The van der Waals surface area contributed by atoms with E-state index >= 15 is 0 Å². The number of nitrogens with zero attached hydrogens (tertiary/aromatic N) is 2. The van der Waals surface area contributed by atoms with Gasteiger partial charge in [0.25, 0.3) is 0 Å². The van der Waals surface area contributed by atoms with E-state index in [1.54, 1.807) is 12.1 Å². The molecule has 0 spiro atoms. The van der Waals surface area contributed by atoms with Gasteiger partial charge in [0.2, 0.25) is 5.75 Å². The van der Waals surface area contributed by atoms with Crippen LogP contribution in [0.5, 0.6) is 11.5 Å². The van der Waals surface area contributed by atoms with Crippen molar-refractivity contribution in [2.45, 2.75) is 13.2 Å². The molecule has 0 saturated heterocycles. The number of aliphatic hydroxyl groups is 2. The normalized spacial score (nSPS) is 10.9. The molecule has 0 aliphatic carbocycles. The lowest BCUT2D eigenvalue weighted by molar-refractivity contribution is -0.423. The summed E-state index contributed by atoms with van der Waals surface area (Å²) in [6.07, 6.45) is 2.83. The molecule has 0 saturated carbocycles. The van der Waals surface area contributed by atoms with Gasteiger partial charge in [0.15, 0.2) is 0 Å². The fourth-order valence-corrected chi connectivity index (χ4v) is 2.76. The second kappa shape index (κ2) is 8.93. The van der Waals surface area contributed by atoms with E-state index in [2.05, 4.69) is 0 Å². The third-order valence-corrected chi connectivity index (χ3v) is 4.06. The molecule has 148 valence electrons. The molecule has 0 aliphatic heterocycles. The Hall–Kier alpha value is -3.50. The Morgan fingerprint density at radius 3 is 2.07 bits per heavy atom. The Labute approximate surface area is 159 Å². The molecule has 10 heteroatoms. The van der Waals surface area contributed by atoms with E-state index < -0.39 is 21.2 Å². The Balaban J connectivity index is 2.60. The molecule has 10 nitrogen and oxygen atoms in total. The Morgan fingerprint density at radius 2 is 1.57 bits per heavy atom. The number of hydrogen-bond acceptors (Lipinski definition) is 8. The summed E-state index contributed by atoms with van der Waals surface area (Å²) in [5.74, 6) is 0.120. The summed E-state index contributed by atoms with van der Waals surface area (Å²) in [4.78, 5) is 21.0. The van der Waals surface area contributed by atoms with Crippen LogP contribution in [0, 0.1) is 20.2 Å². The monoisotopic (exact) mass is 390 g/mol. The molecular formula is C18H18N2O8. The highest BCUT2D eigenvalue weighted by Crippen LogP contribution is 2.40. The van der Waals surface area contributed by atoms with Gasteiger partial charge in [0, 0.05) is 5.56 Å². The van der Waals surface area contributed by atoms with Gasteiger partial charge in [-0.05, 0) is 41.5 Å². The quantitative estimate of drug-likeness (QED) is 0.397. The minimum Gasteiger partial charge on any atom is -0.496 e. The Kier molecular flexibility index (Phi) is 6.64. The lowest BCUT2D eigenvalue weighted by Gasteiger charge is -2.12. The summed E-state index contributed by atoms with van der Waals surface area (Å²) in [5.41, 5.74) is -0.0510. The minimum absolute atomic E-state index is 0.00764. The highest BCUT2D eigenvalue weighted by atomic mass is 16.6. The zero-order chi connectivity index (χ0) is 20.8. The summed E-state index contributed by atoms with van der Waals surface area (Å²) in [6, 6.07) is 5.77. The molecule has 0 atom stereocenters. The van der Waals surface area contributed by atoms with E-state index in [9.17, 15) is 30.4 Å². The first kappa shape index (κ1) is 20.8. The molecule has 0 heterocycles. The molecule has 0 amide bonds. The Morgan fingerprint density at radius 1 is 0.929 bits per heavy atom. The second-order valence-electron chi connectivity index (χ2n) is 5.58. The van der Waals surface area contributed by atoms with Gasteiger partial charge in [-0.3, -0.25) is 20.2 Å². The highest BCUT2D eigenvalue weighted by Gasteiger charge is 2.32. The lowest BCUT2D eigenvalue weighted by atomic mass is 10.0. The third-order valence-electron chi connectivity index (χ3n) is 4.06. The SMILES string of the molecule is COc1cc(C=Cc2ccc(OC)c([N+](=O)[O-])c2[N+](=O)[O-])cc(CO)c1CO. The maximum atomic E-state index is 11.4. The van der Waals surface area contributed by atoms with Crippen LogP contribution in [0.15, 0.2) is 24.3 Å². The number of hydrogen-bond donors (Lipinski definition) is 2. The van der Waals surface area contributed by atoms with E-state index in [0.717, 1.165) is 0 Å². The van der Waals surface area contributed by atoms with Crippen LogP contribution in [0.4, 0.5) is 11.4 Å². The summed E-state index contributed by atoms with van der Waals surface area (Å²) < 4.78 is 10.1. The van der Waals surface area contributed by atoms with Crippen molar-refractivity contribution in [3.63, 3.8) is 0 Å². The van der Waals surface area contributed by atoms with Gasteiger partial charge >= 0.3 is 11.4 Å². The molecular weight excluding hydrogens is 372 g/mol. The van der Waals surface area contributed by atoms with Crippen molar-refractivity contribution in [2.75, 3.05) is 14.2 Å². The van der Waals surface area contributed by atoms with Crippen LogP contribution < -0.4 is 9.47 Å². The fourth-order valence-electron chi connectivity index (χ4n) is 2.76. The van der Waals surface area contributed by atoms with Crippen molar-refractivity contribution in [1.82, 2.24) is 0 Å². The predicted molar refractivity (Wildman–Crippen MR) is 100 cm³/mol. The minimum atomic E-state index is -0.864. The van der Waals surface area contributed by atoms with Crippen molar-refractivity contribution < 1.29 is 29.5 Å². The van der Waals surface area contributed by atoms with Crippen molar-refractivity contribution in [1.29, 1.82) is 0 Å². The summed E-state index contributed by atoms with van der Waals surface area (Å²) in [5, 5.41) is 41.7. The number of benzene rings is 2. The van der Waals surface area contributed by atoms with Crippen LogP contribution in [-0.2, 0) is 13.2 Å². The molecule has 0 fully saturated rings. The molecule has 0 radical (unpaired) electrons. The number of ether oxygens (including phenoxy) is 2. The van der Waals surface area contributed by atoms with Gasteiger partial charge in [-0.1, -0.05) is 6.08 Å². The zero-order valence-corrected chi connectivity index (χ0v) is 15.1. The fraction of sp³-hybridized carbons (Fsp3) is 0.222. The topological polar surface area (TPSA) is 145 Å². The first-order valence-electron chi connectivity index (χ1n) is 7.97. The van der Waals surface area contributed by atoms with E-state index in [4.69, 9.17) is 9.47 Å². The van der Waals surface area contributed by atoms with Crippen molar-refractivity contribution >= 4 is 23.5 Å². The van der Waals surface area contributed by atoms with Gasteiger partial charge < -0.3 is 19.7 Å². The van der Waals surface area contributed by atoms with Crippen LogP contribution >= 0.6 is 0 Å². The molecule has 28 heavy (non-hydrogen) atoms. The first-order chi connectivity index (χ1) is 13.4. The zero-order valence-electron chi connectivity index (χ0n) is 15.1. The first-order valence-corrected chi connectivity index (χ1v) is 7.97. The average molecular weight is 390 g/mol. The van der Waals surface area contributed by atoms with Crippen molar-refractivity contribution in [3.05, 3.63) is 66.7 Å². The molecule has 2 aromatic carbocycles. The van der Waals surface area contributed by atoms with Gasteiger partial charge in [-0.15, -0.1) is 0 Å². The maximum Gasteiger partial charge on any atom is 0.387 e. The van der Waals surface area contributed by atoms with Gasteiger partial charge in [-0.25, -0.2) is 0 Å². The van der Waals surface area contributed by atoms with Gasteiger partial charge in [0.1, 0.15) is 5.75 Å². The molecule has 2 N–H and O–H groups in total. The van der Waals surface area contributed by atoms with Crippen molar-refractivity contribution in [3.8, 4) is 11.5 Å². The highest BCUT2D eigenvalue weighted by molar-refractivity contribution is 5.80. The predicted octanol–water partition coefficient (Wildman–Crippen LogP) is 2.68. The number of methoxy groups -OCH3 is 2. The average Bonchev–Trinajstić information content (AvgIpc) is 2.69. The number of aliphatic hydroxyl groups excluding tert-OH is 2. The number of nitro groups is 2. The van der Waals surface area contributed by atoms with Crippen molar-refractivity contribution in [2.24, 2.45) is 0 Å². The number of rotatable bonds is 8. The van der Waals surface area contributed by atoms with Crippen LogP contribution in [0.3, 0.4) is 0 Å². The standard InChI is InChI=1S/C18H18N2O8/c1-27-15-6-5-12(17(19(23)24)18(15)20(25)26)4-3-11-7-13(9-21)14(10-22)16(8-11)28-2/h3-8,21-22H,9-10H2,1-2H3. The molecule has 2 rings (SSSR count). The van der Waals surface area contributed by atoms with E-state index in [0.29, 0.717) is 22.4 Å². The van der Waals surface area contributed by atoms with Gasteiger partial charge in [-0.2, -0.15) is 0 Å². The van der Waals surface area contributed by atoms with E-state index in [1.165, 1.54) is 38.5 Å². The lowest BCUT2D eigenvalue weighted by Crippen LogP contribution is -2.01. The summed E-state index contributed by atoms with van der Waals surface area (Å²) in [7, 11) is 2.59. The van der Waals surface area contributed by atoms with Crippen LogP contribution in [-0.4, -0.2) is 34.3 Å². The summed E-state index contributed by atoms with van der Waals surface area (Å²) >= 11 is 0. The largest absolute Gasteiger partial charge is 0.496 e. The molecule has 0 bridgehead atoms. The Bertz CT molecular complexity index is 914. The van der Waals surface area contributed by atoms with Crippen LogP contribution in [0.1, 0.15) is 22.3 Å². The molecule has 0 aromatic heterocycles. The molecule has 0 aliphatic rings. The van der Waals surface area contributed by atoms with E-state index in [-0.39, 0.29) is 24.5 Å². The molecule has 2 aromatic rings. The third kappa shape index (κ3) is 4.08. The van der Waals surface area contributed by atoms with E-state index in [1.807, 2.05) is 0 Å². The number of nitro benzene ring substituents is 2. The second-order valence-corrected chi connectivity index (χ2v) is 5.58. The van der Waals surface area contributed by atoms with Crippen LogP contribution in [0.25, 0.3) is 12.2 Å². The molecule has 0 unspecified atom stereocenters. The van der Waals surface area contributed by atoms with Gasteiger partial charge in [0.05, 0.1) is 42.8 Å². The summed E-state index contributed by atoms with van der Waals surface area (Å²) in [6.45, 7) is -0.679. The van der Waals surface area contributed by atoms with Crippen LogP contribution in [0.2, 0.25) is 0 Å². The maximum absolute atomic E-state index is 11.4.